The van der Waals surface area contributed by atoms with E-state index in [1.54, 1.807) is 78.9 Å². The summed E-state index contributed by atoms with van der Waals surface area (Å²) in [6.45, 7) is 0. The van der Waals surface area contributed by atoms with Gasteiger partial charge >= 0.3 is 17.3 Å². The summed E-state index contributed by atoms with van der Waals surface area (Å²) in [5, 5.41) is 24.8. The van der Waals surface area contributed by atoms with Crippen LogP contribution in [-0.4, -0.2) is 94.8 Å². The molecular formula is C59H33Br4Cl4F4N13O8S6. The number of H-pyrrole nitrogens is 1. The third-order valence-electron chi connectivity index (χ3n) is 15.2. The second kappa shape index (κ2) is 27.8. The first-order chi connectivity index (χ1) is 46.7. The van der Waals surface area contributed by atoms with Gasteiger partial charge in [0.05, 0.1) is 73.0 Å². The standard InChI is InChI=1S/C16H9BrClFN4O3S2.C16H12BrClFN3O2S2.C14H7BrClFN2O2S.C13H5BrClFN4OS/c17-7-1-4-10(9(18)5-7)22-15-11(6-12-14(13(15)19)20-21-27-12)23(16(22)24)28(25,26)8-2-3-8;17-9-2-1-8(12(18)6-9)5-11-13(21-26(23,24)10-3-4-10)7-14-16(15(11)19)20-22-25-14;15-7-2-1-6(10(16)4-7)3-8-9(14(20)21)5-11-13(12(8)17)18-19-22-11;14-5-1-2-8(6(15)3-5)20-12-7(17-13(20)21)4-9-11(10(12)16)18-19-22-9/h1,4-6,8H,2-3H2;1-2,6-7,10,21H,3-5H2;1-2,4-5H,3H2,(H,20,21);1-4,19H. The molecule has 0 saturated heterocycles. The number of fused-ring (bicyclic) bond motifs is 6. The normalized spacial score (nSPS) is 13.3. The van der Waals surface area contributed by atoms with E-state index < -0.39 is 71.2 Å². The second-order valence-electron chi connectivity index (χ2n) is 21.6. The number of imidazole rings is 2. The third kappa shape index (κ3) is 13.7. The van der Waals surface area contributed by atoms with E-state index in [-0.39, 0.29) is 90.1 Å². The summed E-state index contributed by atoms with van der Waals surface area (Å²) >= 11 is 42.1. The molecule has 0 bridgehead atoms. The van der Waals surface area contributed by atoms with Crippen LogP contribution in [-0.2, 0) is 32.9 Å². The molecule has 2 saturated carbocycles. The fraction of sp³-hybridized carbons (Fsp3) is 0.136. The summed E-state index contributed by atoms with van der Waals surface area (Å²) in [4.78, 5) is 40.8. The van der Waals surface area contributed by atoms with Crippen molar-refractivity contribution >= 4 is 251 Å². The molecule has 8 aromatic carbocycles. The number of aromatic carboxylic acids is 1. The maximum Gasteiger partial charge on any atom is 0.353 e. The van der Waals surface area contributed by atoms with Gasteiger partial charge in [0, 0.05) is 51.9 Å². The number of hydrogen-bond donors (Lipinski definition) is 3. The van der Waals surface area contributed by atoms with Crippen molar-refractivity contribution < 1.29 is 44.3 Å². The SMILES string of the molecule is O=C(O)c1cc2snnc2c(F)c1Cc1ccc(Br)cc1Cl.O=S(=O)(Nc1cc2snnc2c(F)c1Cc1ccc(Br)cc1Cl)C1CC1.O=c1n(-c2ccc(Br)cc2Cl)c2c(F)c3nnsc3cc2n1S(=O)(=O)C1CC1.O=c1nc2cc3s[nH]nc3c(F)c2n1-c1ccc(Br)cc1Cl. The van der Waals surface area contributed by atoms with Gasteiger partial charge in [-0.25, -0.2) is 53.3 Å². The molecular weight excluding hydrogens is 1750 g/mol. The van der Waals surface area contributed by atoms with Gasteiger partial charge in [0.1, 0.15) is 33.1 Å². The Morgan fingerprint density at radius 2 is 1.06 bits per heavy atom. The first kappa shape index (κ1) is 70.0. The highest BCUT2D eigenvalue weighted by Gasteiger charge is 2.41. The van der Waals surface area contributed by atoms with Crippen molar-refractivity contribution in [2.24, 2.45) is 0 Å². The monoisotopic (exact) mass is 1770 g/mol. The van der Waals surface area contributed by atoms with Crippen LogP contribution in [0, 0.1) is 23.3 Å². The zero-order valence-corrected chi connectivity index (χ0v) is 62.6. The van der Waals surface area contributed by atoms with Gasteiger partial charge in [0.25, 0.3) is 0 Å². The van der Waals surface area contributed by atoms with E-state index in [1.165, 1.54) is 29.7 Å². The predicted molar refractivity (Wildman–Crippen MR) is 387 cm³/mol. The molecule has 6 aromatic heterocycles. The minimum atomic E-state index is -3.97. The number of hydrogen-bond acceptors (Lipinski definition) is 19. The molecule has 0 spiro atoms. The van der Waals surface area contributed by atoms with E-state index >= 15 is 8.78 Å². The number of carboxylic acid groups (broad SMARTS) is 1. The average Bonchev–Trinajstić information content (AvgIpc) is 1.55. The number of benzene rings is 8. The van der Waals surface area contributed by atoms with Gasteiger partial charge in [-0.15, -0.1) is 15.3 Å². The highest BCUT2D eigenvalue weighted by Crippen LogP contribution is 2.40. The van der Waals surface area contributed by atoms with Crippen LogP contribution >= 0.6 is 156 Å². The minimum absolute atomic E-state index is 0.0274. The lowest BCUT2D eigenvalue weighted by molar-refractivity contribution is 0.0695. The van der Waals surface area contributed by atoms with Crippen LogP contribution in [0.1, 0.15) is 58.3 Å². The molecule has 0 unspecified atom stereocenters. The quantitative estimate of drug-likeness (QED) is 0.0958. The zero-order chi connectivity index (χ0) is 69.5. The smallest absolute Gasteiger partial charge is 0.353 e. The van der Waals surface area contributed by atoms with Gasteiger partial charge in [0.2, 0.25) is 20.0 Å². The van der Waals surface area contributed by atoms with E-state index in [0.29, 0.717) is 84.8 Å². The van der Waals surface area contributed by atoms with Crippen LogP contribution in [0.2, 0.25) is 20.1 Å². The van der Waals surface area contributed by atoms with E-state index in [9.17, 15) is 45.1 Å². The molecule has 2 aliphatic rings. The Morgan fingerprint density at radius 1 is 0.582 bits per heavy atom. The van der Waals surface area contributed by atoms with Crippen LogP contribution in [0.5, 0.6) is 0 Å². The third-order valence-corrected chi connectivity index (χ3v) is 25.3. The van der Waals surface area contributed by atoms with Gasteiger partial charge < -0.3 is 5.11 Å². The summed E-state index contributed by atoms with van der Waals surface area (Å²) in [5.74, 6) is -3.86. The van der Waals surface area contributed by atoms with Crippen LogP contribution in [0.3, 0.4) is 0 Å². The molecule has 0 aliphatic heterocycles. The molecule has 6 heterocycles. The van der Waals surface area contributed by atoms with E-state index in [4.69, 9.17) is 46.4 Å². The highest BCUT2D eigenvalue weighted by molar-refractivity contribution is 9.11. The topological polar surface area (TPSA) is 285 Å². The summed E-state index contributed by atoms with van der Waals surface area (Å²) in [7, 11) is -7.51. The van der Waals surface area contributed by atoms with Gasteiger partial charge in [-0.3, -0.25) is 13.9 Å². The molecule has 502 valence electrons. The van der Waals surface area contributed by atoms with Gasteiger partial charge in [-0.05, 0) is 168 Å². The van der Waals surface area contributed by atoms with Crippen molar-refractivity contribution in [2.45, 2.75) is 49.0 Å². The zero-order valence-electron chi connectivity index (χ0n) is 48.3. The first-order valence-electron chi connectivity index (χ1n) is 28.0. The Kier molecular flexibility index (Phi) is 19.9. The van der Waals surface area contributed by atoms with Crippen LogP contribution in [0.25, 0.3) is 74.3 Å². The highest BCUT2D eigenvalue weighted by atomic mass is 79.9. The number of nitrogens with one attached hydrogen (secondary N) is 2. The lowest BCUT2D eigenvalue weighted by Crippen LogP contribution is -2.31. The second-order valence-corrected chi connectivity index (χ2v) is 34.1. The fourth-order valence-corrected chi connectivity index (χ4v) is 18.9. The Morgan fingerprint density at radius 3 is 1.59 bits per heavy atom. The van der Waals surface area contributed by atoms with Crippen LogP contribution < -0.4 is 16.1 Å². The van der Waals surface area contributed by atoms with Gasteiger partial charge in [-0.1, -0.05) is 136 Å². The molecule has 39 heteroatoms. The number of carbonyl (C=O) groups is 1. The number of sulfonamides is 1. The molecule has 0 atom stereocenters. The largest absolute Gasteiger partial charge is 0.478 e. The van der Waals surface area contributed by atoms with Crippen molar-refractivity contribution in [3.8, 4) is 11.4 Å². The Hall–Kier alpha value is -6.45. The first-order valence-corrected chi connectivity index (χ1v) is 38.8. The lowest BCUT2D eigenvalue weighted by atomic mass is 9.98. The van der Waals surface area contributed by atoms with E-state index in [1.807, 2.05) is 0 Å². The van der Waals surface area contributed by atoms with E-state index in [2.05, 4.69) is 112 Å². The molecule has 3 N–H and O–H groups in total. The van der Waals surface area contributed by atoms with Crippen molar-refractivity contribution in [1.82, 2.24) is 56.4 Å². The molecule has 0 amide bonds. The minimum Gasteiger partial charge on any atom is -0.478 e. The number of aromatic amines is 1. The van der Waals surface area contributed by atoms with Crippen molar-refractivity contribution in [3.63, 3.8) is 0 Å². The Balaban J connectivity index is 0.000000118. The number of aromatic nitrogens is 12. The number of nitrogens with zero attached hydrogens (tertiary/aromatic N) is 11. The molecule has 2 aliphatic carbocycles. The lowest BCUT2D eigenvalue weighted by Gasteiger charge is -2.14. The summed E-state index contributed by atoms with van der Waals surface area (Å²) in [6, 6.07) is 26.2. The van der Waals surface area contributed by atoms with Crippen LogP contribution in [0.4, 0.5) is 23.2 Å². The summed E-state index contributed by atoms with van der Waals surface area (Å²) in [6.07, 6.45) is 2.37. The number of carboxylic acids is 1. The Bertz CT molecular complexity index is 6010. The van der Waals surface area contributed by atoms with Crippen molar-refractivity contribution in [3.05, 3.63) is 207 Å². The molecule has 0 radical (unpaired) electrons. The molecule has 16 rings (SSSR count). The fourth-order valence-electron chi connectivity index (χ4n) is 10.3. The maximum absolute atomic E-state index is 15.3. The molecule has 98 heavy (non-hydrogen) atoms. The van der Waals surface area contributed by atoms with Crippen molar-refractivity contribution in [1.29, 1.82) is 0 Å². The number of rotatable bonds is 12. The van der Waals surface area contributed by atoms with Gasteiger partial charge in [-0.2, -0.15) is 14.1 Å². The van der Waals surface area contributed by atoms with E-state index in [0.717, 1.165) is 57.1 Å². The molecule has 2 fully saturated rings. The predicted octanol–water partition coefficient (Wildman–Crippen LogP) is 16.8. The number of anilines is 1. The summed E-state index contributed by atoms with van der Waals surface area (Å²) < 4.78 is 134. The van der Waals surface area contributed by atoms with Crippen molar-refractivity contribution in [2.75, 3.05) is 4.72 Å². The summed E-state index contributed by atoms with van der Waals surface area (Å²) in [5.41, 5.74) is 1.21. The molecule has 21 nitrogen and oxygen atoms in total. The average molecular weight is 1780 g/mol. The Labute approximate surface area is 617 Å². The maximum atomic E-state index is 15.3. The van der Waals surface area contributed by atoms with Crippen LogP contribution in [0.15, 0.2) is 125 Å². The molecule has 14 aromatic rings. The number of halogens is 12. The van der Waals surface area contributed by atoms with Gasteiger partial charge in [0.15, 0.2) is 23.3 Å².